The maximum atomic E-state index is 13.1. The lowest BCUT2D eigenvalue weighted by Crippen LogP contribution is -2.40. The fourth-order valence-electron chi connectivity index (χ4n) is 4.30. The monoisotopic (exact) mass is 441 g/mol. The zero-order valence-corrected chi connectivity index (χ0v) is 19.8. The van der Waals surface area contributed by atoms with Gasteiger partial charge in [0.15, 0.2) is 0 Å². The summed E-state index contributed by atoms with van der Waals surface area (Å²) < 4.78 is 34.0. The first-order valence-electron chi connectivity index (χ1n) is 11.1. The van der Waals surface area contributed by atoms with E-state index in [1.807, 2.05) is 32.9 Å². The van der Waals surface area contributed by atoms with Crippen LogP contribution in [0, 0.1) is 18.8 Å². The van der Waals surface area contributed by atoms with Crippen molar-refractivity contribution in [2.24, 2.45) is 11.8 Å². The fraction of sp³-hybridized carbons (Fsp3) is 0.739. The zero-order chi connectivity index (χ0) is 22.5. The van der Waals surface area contributed by atoms with Gasteiger partial charge in [-0.3, -0.25) is 0 Å². The Hall–Kier alpha value is -0.990. The van der Waals surface area contributed by atoms with E-state index in [0.717, 1.165) is 31.2 Å². The van der Waals surface area contributed by atoms with E-state index >= 15 is 0 Å². The Bertz CT molecular complexity index is 751. The van der Waals surface area contributed by atoms with E-state index in [1.54, 1.807) is 19.2 Å². The molecule has 7 heteroatoms. The summed E-state index contributed by atoms with van der Waals surface area (Å²) in [6.45, 7) is 7.73. The van der Waals surface area contributed by atoms with E-state index in [0.29, 0.717) is 11.3 Å². The van der Waals surface area contributed by atoms with Crippen LogP contribution in [0.4, 0.5) is 0 Å². The van der Waals surface area contributed by atoms with Gasteiger partial charge in [0.1, 0.15) is 0 Å². The molecule has 30 heavy (non-hydrogen) atoms. The standard InChI is InChI=1S/C23H39NO5S/c1-6-7-19(24(5)30(27,28)21-11-8-16(2)9-12-21)14-20-10-13-22(29-20)18(4)23(26)17(3)15-25/h8-9,11-12,17-20,22-23,25-26H,6-7,10,13-15H2,1-5H3/t17-,18+,19+,20-,22+,23-/m0/s1. The zero-order valence-electron chi connectivity index (χ0n) is 19.0. The summed E-state index contributed by atoms with van der Waals surface area (Å²) in [7, 11) is -1.90. The second-order valence-electron chi connectivity index (χ2n) is 8.90. The maximum absolute atomic E-state index is 13.1. The number of aliphatic hydroxyl groups is 2. The molecule has 0 spiro atoms. The Morgan fingerprint density at radius 1 is 1.20 bits per heavy atom. The molecule has 2 N–H and O–H groups in total. The van der Waals surface area contributed by atoms with Crippen molar-refractivity contribution in [2.75, 3.05) is 13.7 Å². The van der Waals surface area contributed by atoms with Crippen LogP contribution in [-0.2, 0) is 14.8 Å². The summed E-state index contributed by atoms with van der Waals surface area (Å²) >= 11 is 0. The van der Waals surface area contributed by atoms with Crippen LogP contribution in [0.15, 0.2) is 29.2 Å². The minimum absolute atomic E-state index is 0.0266. The van der Waals surface area contributed by atoms with Gasteiger partial charge in [-0.25, -0.2) is 8.42 Å². The van der Waals surface area contributed by atoms with Crippen LogP contribution in [0.3, 0.4) is 0 Å². The van der Waals surface area contributed by atoms with Crippen LogP contribution in [0.1, 0.15) is 58.4 Å². The molecule has 0 bridgehead atoms. The molecule has 0 amide bonds. The number of ether oxygens (including phenoxy) is 1. The largest absolute Gasteiger partial charge is 0.396 e. The molecule has 172 valence electrons. The van der Waals surface area contributed by atoms with Gasteiger partial charge in [0, 0.05) is 31.5 Å². The predicted molar refractivity (Wildman–Crippen MR) is 119 cm³/mol. The first-order valence-corrected chi connectivity index (χ1v) is 12.5. The third-order valence-corrected chi connectivity index (χ3v) is 8.43. The van der Waals surface area contributed by atoms with Crippen molar-refractivity contribution in [3.63, 3.8) is 0 Å². The van der Waals surface area contributed by atoms with Gasteiger partial charge in [0.25, 0.3) is 0 Å². The minimum Gasteiger partial charge on any atom is -0.396 e. The summed E-state index contributed by atoms with van der Waals surface area (Å²) in [5, 5.41) is 19.7. The summed E-state index contributed by atoms with van der Waals surface area (Å²) in [5.74, 6) is -0.267. The fourth-order valence-corrected chi connectivity index (χ4v) is 5.69. The van der Waals surface area contributed by atoms with Crippen LogP contribution in [0.2, 0.25) is 0 Å². The highest BCUT2D eigenvalue weighted by molar-refractivity contribution is 7.89. The highest BCUT2D eigenvalue weighted by Gasteiger charge is 2.37. The van der Waals surface area contributed by atoms with Crippen LogP contribution in [-0.4, -0.2) is 60.9 Å². The molecular formula is C23H39NO5S. The normalized spacial score (nSPS) is 24.0. The number of benzene rings is 1. The number of nitrogens with zero attached hydrogens (tertiary/aromatic N) is 1. The van der Waals surface area contributed by atoms with E-state index < -0.39 is 16.1 Å². The van der Waals surface area contributed by atoms with Crippen molar-refractivity contribution >= 4 is 10.0 Å². The van der Waals surface area contributed by atoms with Gasteiger partial charge < -0.3 is 14.9 Å². The van der Waals surface area contributed by atoms with Crippen LogP contribution >= 0.6 is 0 Å². The number of hydrogen-bond acceptors (Lipinski definition) is 5. The molecule has 1 aromatic carbocycles. The Morgan fingerprint density at radius 3 is 2.40 bits per heavy atom. The lowest BCUT2D eigenvalue weighted by molar-refractivity contribution is -0.0542. The van der Waals surface area contributed by atoms with Crippen molar-refractivity contribution < 1.29 is 23.4 Å². The van der Waals surface area contributed by atoms with Gasteiger partial charge >= 0.3 is 0 Å². The number of hydrogen-bond donors (Lipinski definition) is 2. The molecule has 6 nitrogen and oxygen atoms in total. The molecule has 0 aliphatic carbocycles. The van der Waals surface area contributed by atoms with E-state index in [9.17, 15) is 18.6 Å². The molecule has 1 fully saturated rings. The van der Waals surface area contributed by atoms with Gasteiger partial charge in [-0.1, -0.05) is 44.9 Å². The minimum atomic E-state index is -3.57. The van der Waals surface area contributed by atoms with Gasteiger partial charge in [0.2, 0.25) is 10.0 Å². The Kier molecular flexibility index (Phi) is 9.31. The topological polar surface area (TPSA) is 87.1 Å². The van der Waals surface area contributed by atoms with Gasteiger partial charge in [-0.2, -0.15) is 4.31 Å². The number of aliphatic hydroxyl groups excluding tert-OH is 2. The summed E-state index contributed by atoms with van der Waals surface area (Å²) in [4.78, 5) is 0.316. The van der Waals surface area contributed by atoms with Crippen molar-refractivity contribution in [2.45, 2.75) is 89.0 Å². The lowest BCUT2D eigenvalue weighted by Gasteiger charge is -2.31. The average Bonchev–Trinajstić information content (AvgIpc) is 3.20. The summed E-state index contributed by atoms with van der Waals surface area (Å²) in [6, 6.07) is 6.83. The molecule has 1 aliphatic heterocycles. The Morgan fingerprint density at radius 2 is 1.83 bits per heavy atom. The third kappa shape index (κ3) is 6.04. The van der Waals surface area contributed by atoms with E-state index in [4.69, 9.17) is 4.74 Å². The molecule has 0 aromatic heterocycles. The second kappa shape index (κ2) is 11.0. The Labute approximate surface area is 182 Å². The quantitative estimate of drug-likeness (QED) is 0.550. The van der Waals surface area contributed by atoms with Crippen LogP contribution in [0.25, 0.3) is 0 Å². The first kappa shape index (κ1) is 25.3. The highest BCUT2D eigenvalue weighted by atomic mass is 32.2. The molecule has 6 atom stereocenters. The average molecular weight is 442 g/mol. The third-order valence-electron chi connectivity index (χ3n) is 6.51. The van der Waals surface area contributed by atoms with Gasteiger partial charge in [-0.15, -0.1) is 0 Å². The van der Waals surface area contributed by atoms with Crippen LogP contribution in [0.5, 0.6) is 0 Å². The van der Waals surface area contributed by atoms with Crippen molar-refractivity contribution in [1.29, 1.82) is 0 Å². The summed E-state index contributed by atoms with van der Waals surface area (Å²) in [6.07, 6.45) is 3.28. The number of rotatable bonds is 11. The van der Waals surface area contributed by atoms with Crippen molar-refractivity contribution in [3.8, 4) is 0 Å². The molecule has 0 saturated carbocycles. The van der Waals surface area contributed by atoms with E-state index in [2.05, 4.69) is 6.92 Å². The summed E-state index contributed by atoms with van der Waals surface area (Å²) in [5.41, 5.74) is 1.03. The maximum Gasteiger partial charge on any atom is 0.243 e. The molecule has 1 heterocycles. The molecule has 0 radical (unpaired) electrons. The molecule has 2 rings (SSSR count). The second-order valence-corrected chi connectivity index (χ2v) is 10.9. The van der Waals surface area contributed by atoms with Gasteiger partial charge in [-0.05, 0) is 44.7 Å². The molecular weight excluding hydrogens is 402 g/mol. The molecule has 1 saturated heterocycles. The predicted octanol–water partition coefficient (Wildman–Crippen LogP) is 3.35. The number of sulfonamides is 1. The Balaban J connectivity index is 2.06. The SMILES string of the molecule is CCC[C@H](C[C@@H]1CC[C@H]([C@@H](C)[C@@H](O)[C@@H](C)CO)O1)N(C)S(=O)(=O)c1ccc(C)cc1. The number of aryl methyl sites for hydroxylation is 1. The van der Waals surface area contributed by atoms with Crippen molar-refractivity contribution in [3.05, 3.63) is 29.8 Å². The first-order chi connectivity index (χ1) is 14.1. The smallest absolute Gasteiger partial charge is 0.243 e. The molecule has 0 unspecified atom stereocenters. The lowest BCUT2D eigenvalue weighted by atomic mass is 9.88. The van der Waals surface area contributed by atoms with Crippen LogP contribution < -0.4 is 0 Å². The highest BCUT2D eigenvalue weighted by Crippen LogP contribution is 2.33. The van der Waals surface area contributed by atoms with E-state index in [1.165, 1.54) is 4.31 Å². The molecule has 1 aromatic rings. The van der Waals surface area contributed by atoms with E-state index in [-0.39, 0.29) is 36.7 Å². The van der Waals surface area contributed by atoms with Gasteiger partial charge in [0.05, 0.1) is 23.2 Å². The van der Waals surface area contributed by atoms with Crippen molar-refractivity contribution in [1.82, 2.24) is 4.31 Å². The molecule has 1 aliphatic rings.